The molecule has 7 heteroatoms. The Balaban J connectivity index is 1.59. The number of benzene rings is 2. The zero-order valence-electron chi connectivity index (χ0n) is 17.2. The van der Waals surface area contributed by atoms with E-state index in [4.69, 9.17) is 9.15 Å². The highest BCUT2D eigenvalue weighted by Gasteiger charge is 2.16. The van der Waals surface area contributed by atoms with Crippen molar-refractivity contribution in [3.05, 3.63) is 70.6 Å². The van der Waals surface area contributed by atoms with Crippen molar-refractivity contribution in [2.75, 3.05) is 23.4 Å². The topological polar surface area (TPSA) is 88.9 Å². The average Bonchev–Trinajstić information content (AvgIpc) is 2.73. The maximum atomic E-state index is 12.2. The van der Waals surface area contributed by atoms with Gasteiger partial charge in [-0.05, 0) is 57.2 Å². The summed E-state index contributed by atoms with van der Waals surface area (Å²) >= 11 is 0. The molecule has 3 aromatic rings. The van der Waals surface area contributed by atoms with Crippen molar-refractivity contribution in [3.8, 4) is 0 Å². The van der Waals surface area contributed by atoms with Crippen LogP contribution in [0.15, 0.2) is 63.8 Å². The highest BCUT2D eigenvalue weighted by atomic mass is 16.5. The number of rotatable bonds is 7. The van der Waals surface area contributed by atoms with Gasteiger partial charge in [0.25, 0.3) is 5.91 Å². The molecule has 0 saturated heterocycles. The lowest BCUT2D eigenvalue weighted by molar-refractivity contribution is -0.119. The van der Waals surface area contributed by atoms with Crippen molar-refractivity contribution in [3.63, 3.8) is 0 Å². The van der Waals surface area contributed by atoms with E-state index in [1.807, 2.05) is 12.1 Å². The van der Waals surface area contributed by atoms with Gasteiger partial charge in [-0.2, -0.15) is 0 Å². The number of anilines is 2. The smallest absolute Gasteiger partial charge is 0.374 e. The standard InChI is InChI=1S/C23H24N2O5/c1-4-25(15(2)3)17-11-9-16(10-12-17)24-22(27)14-29-23(28)21-13-19(26)18-7-5-6-8-20(18)30-21/h5-13,15H,4,14H2,1-3H3,(H,24,27). The van der Waals surface area contributed by atoms with E-state index >= 15 is 0 Å². The minimum Gasteiger partial charge on any atom is -0.450 e. The minimum atomic E-state index is -0.876. The van der Waals surface area contributed by atoms with E-state index in [1.165, 1.54) is 0 Å². The first-order valence-corrected chi connectivity index (χ1v) is 9.75. The minimum absolute atomic E-state index is 0.246. The van der Waals surface area contributed by atoms with Gasteiger partial charge < -0.3 is 19.4 Å². The maximum Gasteiger partial charge on any atom is 0.374 e. The molecule has 0 fully saturated rings. The van der Waals surface area contributed by atoms with Gasteiger partial charge in [0.05, 0.1) is 5.39 Å². The number of carbonyl (C=O) groups is 2. The van der Waals surface area contributed by atoms with E-state index in [0.717, 1.165) is 18.3 Å². The van der Waals surface area contributed by atoms with Crippen LogP contribution in [0, 0.1) is 0 Å². The summed E-state index contributed by atoms with van der Waals surface area (Å²) in [5.41, 5.74) is 1.58. The summed E-state index contributed by atoms with van der Waals surface area (Å²) in [7, 11) is 0. The molecule has 0 saturated carbocycles. The van der Waals surface area contributed by atoms with Crippen molar-refractivity contribution < 1.29 is 18.7 Å². The molecule has 1 aromatic heterocycles. The first-order chi connectivity index (χ1) is 14.4. The van der Waals surface area contributed by atoms with E-state index in [9.17, 15) is 14.4 Å². The third-order valence-corrected chi connectivity index (χ3v) is 4.62. The number of nitrogens with zero attached hydrogens (tertiary/aromatic N) is 1. The highest BCUT2D eigenvalue weighted by Crippen LogP contribution is 2.20. The largest absolute Gasteiger partial charge is 0.450 e. The zero-order valence-corrected chi connectivity index (χ0v) is 17.2. The summed E-state index contributed by atoms with van der Waals surface area (Å²) in [5, 5.41) is 3.05. The number of fused-ring (bicyclic) bond motifs is 1. The van der Waals surface area contributed by atoms with Gasteiger partial charge in [-0.1, -0.05) is 12.1 Å². The first-order valence-electron chi connectivity index (χ1n) is 9.75. The third kappa shape index (κ3) is 4.86. The van der Waals surface area contributed by atoms with Crippen molar-refractivity contribution in [1.29, 1.82) is 0 Å². The molecule has 0 radical (unpaired) electrons. The van der Waals surface area contributed by atoms with Crippen LogP contribution >= 0.6 is 0 Å². The van der Waals surface area contributed by atoms with Gasteiger partial charge in [-0.25, -0.2) is 4.79 Å². The van der Waals surface area contributed by atoms with Crippen LogP contribution in [0.1, 0.15) is 31.3 Å². The van der Waals surface area contributed by atoms with E-state index in [2.05, 4.69) is 31.0 Å². The number of ether oxygens (including phenoxy) is 1. The van der Waals surface area contributed by atoms with Crippen molar-refractivity contribution in [2.45, 2.75) is 26.8 Å². The molecule has 2 aromatic carbocycles. The second kappa shape index (κ2) is 9.26. The molecule has 156 valence electrons. The van der Waals surface area contributed by atoms with Gasteiger partial charge in [0, 0.05) is 30.0 Å². The molecule has 0 aliphatic rings. The quantitative estimate of drug-likeness (QED) is 0.598. The van der Waals surface area contributed by atoms with E-state index in [-0.39, 0.29) is 16.8 Å². The summed E-state index contributed by atoms with van der Waals surface area (Å²) < 4.78 is 10.4. The third-order valence-electron chi connectivity index (χ3n) is 4.62. The Kier molecular flexibility index (Phi) is 6.51. The molecule has 0 bridgehead atoms. The van der Waals surface area contributed by atoms with Gasteiger partial charge in [-0.3, -0.25) is 9.59 Å². The van der Waals surface area contributed by atoms with Gasteiger partial charge >= 0.3 is 5.97 Å². The Labute approximate surface area is 174 Å². The molecule has 0 aliphatic carbocycles. The first kappa shape index (κ1) is 21.1. The maximum absolute atomic E-state index is 12.2. The molecule has 1 heterocycles. The normalized spacial score (nSPS) is 10.8. The lowest BCUT2D eigenvalue weighted by Gasteiger charge is -2.27. The Morgan fingerprint density at radius 3 is 2.47 bits per heavy atom. The van der Waals surface area contributed by atoms with Crippen LogP contribution in [0.3, 0.4) is 0 Å². The molecular formula is C23H24N2O5. The second-order valence-electron chi connectivity index (χ2n) is 7.02. The van der Waals surface area contributed by atoms with Gasteiger partial charge in [0.15, 0.2) is 12.0 Å². The number of carbonyl (C=O) groups excluding carboxylic acids is 2. The number of nitrogens with one attached hydrogen (secondary N) is 1. The van der Waals surface area contributed by atoms with Crippen LogP contribution in [-0.2, 0) is 9.53 Å². The van der Waals surface area contributed by atoms with Crippen LogP contribution in [0.5, 0.6) is 0 Å². The molecule has 0 aliphatic heterocycles. The molecule has 1 amide bonds. The number of hydrogen-bond acceptors (Lipinski definition) is 6. The predicted molar refractivity (Wildman–Crippen MR) is 116 cm³/mol. The summed E-state index contributed by atoms with van der Waals surface area (Å²) in [6.45, 7) is 6.70. The van der Waals surface area contributed by atoms with Crippen LogP contribution in [0.4, 0.5) is 11.4 Å². The Bertz CT molecular complexity index is 1100. The molecule has 0 atom stereocenters. The van der Waals surface area contributed by atoms with Crippen LogP contribution in [0.25, 0.3) is 11.0 Å². The number of para-hydroxylation sites is 1. The monoisotopic (exact) mass is 408 g/mol. The van der Waals surface area contributed by atoms with Gasteiger partial charge in [0.1, 0.15) is 5.58 Å². The summed E-state index contributed by atoms with van der Waals surface area (Å²) in [6.07, 6.45) is 0. The van der Waals surface area contributed by atoms with E-state index in [1.54, 1.807) is 36.4 Å². The van der Waals surface area contributed by atoms with Crippen LogP contribution < -0.4 is 15.6 Å². The Hall–Kier alpha value is -3.61. The van der Waals surface area contributed by atoms with Crippen molar-refractivity contribution in [1.82, 2.24) is 0 Å². The summed E-state index contributed by atoms with van der Waals surface area (Å²) in [6, 6.07) is 15.5. The molecule has 3 rings (SSSR count). The fraction of sp³-hybridized carbons (Fsp3) is 0.261. The molecule has 0 unspecified atom stereocenters. The SMILES string of the molecule is CCN(c1ccc(NC(=O)COC(=O)c2cc(=O)c3ccccc3o2)cc1)C(C)C. The fourth-order valence-electron chi connectivity index (χ4n) is 3.19. The van der Waals surface area contributed by atoms with Crippen molar-refractivity contribution >= 4 is 34.2 Å². The Morgan fingerprint density at radius 2 is 1.80 bits per heavy atom. The summed E-state index contributed by atoms with van der Waals surface area (Å²) in [4.78, 5) is 38.6. The molecular weight excluding hydrogens is 384 g/mol. The lowest BCUT2D eigenvalue weighted by atomic mass is 10.2. The number of hydrogen-bond donors (Lipinski definition) is 1. The molecule has 30 heavy (non-hydrogen) atoms. The summed E-state index contributed by atoms with van der Waals surface area (Å²) in [5.74, 6) is -1.61. The Morgan fingerprint density at radius 1 is 1.10 bits per heavy atom. The fourth-order valence-corrected chi connectivity index (χ4v) is 3.19. The van der Waals surface area contributed by atoms with Crippen LogP contribution in [0.2, 0.25) is 0 Å². The molecule has 7 nitrogen and oxygen atoms in total. The van der Waals surface area contributed by atoms with Gasteiger partial charge in [0.2, 0.25) is 5.76 Å². The lowest BCUT2D eigenvalue weighted by Crippen LogP contribution is -2.30. The van der Waals surface area contributed by atoms with Gasteiger partial charge in [-0.15, -0.1) is 0 Å². The number of esters is 1. The van der Waals surface area contributed by atoms with Crippen LogP contribution in [-0.4, -0.2) is 31.1 Å². The molecule has 0 spiro atoms. The predicted octanol–water partition coefficient (Wildman–Crippen LogP) is 3.82. The average molecular weight is 408 g/mol. The highest BCUT2D eigenvalue weighted by molar-refractivity contribution is 5.95. The zero-order chi connectivity index (χ0) is 21.7. The molecule has 1 N–H and O–H groups in total. The second-order valence-corrected chi connectivity index (χ2v) is 7.02. The van der Waals surface area contributed by atoms with Crippen molar-refractivity contribution in [2.24, 2.45) is 0 Å². The van der Waals surface area contributed by atoms with E-state index < -0.39 is 18.5 Å². The van der Waals surface area contributed by atoms with E-state index in [0.29, 0.717) is 17.1 Å². The number of amides is 1.